The van der Waals surface area contributed by atoms with E-state index in [1.165, 1.54) is 11.1 Å². The summed E-state index contributed by atoms with van der Waals surface area (Å²) in [5.74, 6) is 1.52. The maximum atomic E-state index is 11.8. The normalized spacial score (nSPS) is 20.5. The molecule has 0 aliphatic heterocycles. The summed E-state index contributed by atoms with van der Waals surface area (Å²) >= 11 is 0. The summed E-state index contributed by atoms with van der Waals surface area (Å²) in [5.41, 5.74) is 3.43. The Morgan fingerprint density at radius 3 is 2.73 bits per heavy atom. The molecule has 0 heterocycles. The quantitative estimate of drug-likeness (QED) is 0.678. The second-order valence-electron chi connectivity index (χ2n) is 4.90. The molecule has 0 amide bonds. The highest BCUT2D eigenvalue weighted by Gasteiger charge is 2.27. The van der Waals surface area contributed by atoms with Crippen LogP contribution in [0.3, 0.4) is 0 Å². The van der Waals surface area contributed by atoms with E-state index in [0.717, 1.165) is 18.4 Å². The molecule has 1 aromatic carbocycles. The molecule has 2 rings (SSSR count). The highest BCUT2D eigenvalue weighted by Crippen LogP contribution is 2.36. The number of fused-ring (bicyclic) bond motifs is 1. The molecule has 1 nitrogen and oxygen atoms in total. The van der Waals surface area contributed by atoms with Gasteiger partial charge in [0.15, 0.2) is 5.78 Å². The van der Waals surface area contributed by atoms with Gasteiger partial charge in [-0.1, -0.05) is 31.5 Å². The summed E-state index contributed by atoms with van der Waals surface area (Å²) < 4.78 is 0. The number of hydrogen-bond donors (Lipinski definition) is 0. The summed E-state index contributed by atoms with van der Waals surface area (Å²) in [7, 11) is 0. The summed E-state index contributed by atoms with van der Waals surface area (Å²) in [6.45, 7) is 6.53. The summed E-state index contributed by atoms with van der Waals surface area (Å²) in [5, 5.41) is 0. The first-order valence-corrected chi connectivity index (χ1v) is 5.73. The highest BCUT2D eigenvalue weighted by molar-refractivity contribution is 5.99. The number of rotatable bonds is 1. The lowest BCUT2D eigenvalue weighted by atomic mass is 9.76. The lowest BCUT2D eigenvalue weighted by Crippen LogP contribution is -2.19. The fraction of sp³-hybridized carbons (Fsp3) is 0.500. The van der Waals surface area contributed by atoms with E-state index >= 15 is 0 Å². The fourth-order valence-electron chi connectivity index (χ4n) is 2.50. The minimum absolute atomic E-state index is 0.325. The van der Waals surface area contributed by atoms with Crippen LogP contribution in [0.15, 0.2) is 18.2 Å². The number of ketones is 1. The first-order valence-electron chi connectivity index (χ1n) is 5.73. The zero-order valence-corrected chi connectivity index (χ0v) is 9.71. The van der Waals surface area contributed by atoms with Crippen molar-refractivity contribution >= 4 is 5.78 Å². The molecule has 1 aliphatic carbocycles. The summed E-state index contributed by atoms with van der Waals surface area (Å²) in [4.78, 5) is 11.8. The van der Waals surface area contributed by atoms with Crippen LogP contribution in [0.4, 0.5) is 0 Å². The fourth-order valence-corrected chi connectivity index (χ4v) is 2.50. The Balaban J connectivity index is 2.50. The van der Waals surface area contributed by atoms with Crippen LogP contribution in [-0.2, 0) is 0 Å². The predicted molar refractivity (Wildman–Crippen MR) is 62.3 cm³/mol. The van der Waals surface area contributed by atoms with Crippen LogP contribution in [0.1, 0.15) is 54.1 Å². The van der Waals surface area contributed by atoms with Crippen LogP contribution in [0, 0.1) is 12.8 Å². The molecule has 15 heavy (non-hydrogen) atoms. The van der Waals surface area contributed by atoms with E-state index in [1.54, 1.807) is 0 Å². The number of Topliss-reactive ketones (excluding diaryl/α,β-unsaturated/α-hetero) is 1. The van der Waals surface area contributed by atoms with Crippen LogP contribution in [0.5, 0.6) is 0 Å². The van der Waals surface area contributed by atoms with Gasteiger partial charge in [0.2, 0.25) is 0 Å². The maximum Gasteiger partial charge on any atom is 0.163 e. The number of carbonyl (C=O) groups excluding carboxylic acids is 1. The Bertz CT molecular complexity index is 390. The summed E-state index contributed by atoms with van der Waals surface area (Å²) in [6.07, 6.45) is 1.74. The first kappa shape index (κ1) is 10.4. The third-order valence-corrected chi connectivity index (χ3v) is 3.40. The predicted octanol–water partition coefficient (Wildman–Crippen LogP) is 3.71. The van der Waals surface area contributed by atoms with Crippen LogP contribution >= 0.6 is 0 Å². The zero-order chi connectivity index (χ0) is 11.0. The standard InChI is InChI=1S/C14H18O/c1-9(2)11-6-7-14(15)13-8-10(3)4-5-12(11)13/h4-5,8-9,11H,6-7H2,1-3H3/t11-/m1/s1. The third kappa shape index (κ3) is 1.83. The lowest BCUT2D eigenvalue weighted by molar-refractivity contribution is 0.0963. The van der Waals surface area contributed by atoms with E-state index in [-0.39, 0.29) is 0 Å². The third-order valence-electron chi connectivity index (χ3n) is 3.40. The van der Waals surface area contributed by atoms with E-state index in [1.807, 2.05) is 13.0 Å². The number of aryl methyl sites for hydroxylation is 1. The van der Waals surface area contributed by atoms with Gasteiger partial charge in [0.25, 0.3) is 0 Å². The molecule has 1 aromatic rings. The Morgan fingerprint density at radius 2 is 2.07 bits per heavy atom. The molecule has 80 valence electrons. The average molecular weight is 202 g/mol. The molecule has 0 bridgehead atoms. The first-order chi connectivity index (χ1) is 7.09. The van der Waals surface area contributed by atoms with E-state index in [9.17, 15) is 4.79 Å². The van der Waals surface area contributed by atoms with Crippen molar-refractivity contribution < 1.29 is 4.79 Å². The molecule has 1 atom stereocenters. The molecule has 0 saturated heterocycles. The van der Waals surface area contributed by atoms with Gasteiger partial charge >= 0.3 is 0 Å². The molecule has 0 fully saturated rings. The van der Waals surface area contributed by atoms with Crippen molar-refractivity contribution in [2.45, 2.75) is 39.5 Å². The highest BCUT2D eigenvalue weighted by atomic mass is 16.1. The van der Waals surface area contributed by atoms with Crippen molar-refractivity contribution in [3.63, 3.8) is 0 Å². The van der Waals surface area contributed by atoms with Gasteiger partial charge in [0.1, 0.15) is 0 Å². The van der Waals surface area contributed by atoms with Gasteiger partial charge in [0.05, 0.1) is 0 Å². The topological polar surface area (TPSA) is 17.1 Å². The van der Waals surface area contributed by atoms with E-state index in [2.05, 4.69) is 26.0 Å². The van der Waals surface area contributed by atoms with Crippen molar-refractivity contribution in [2.75, 3.05) is 0 Å². The molecule has 1 heteroatoms. The zero-order valence-electron chi connectivity index (χ0n) is 9.71. The summed E-state index contributed by atoms with van der Waals surface area (Å²) in [6, 6.07) is 6.31. The van der Waals surface area contributed by atoms with Crippen molar-refractivity contribution in [2.24, 2.45) is 5.92 Å². The molecule has 0 N–H and O–H groups in total. The Hall–Kier alpha value is -1.11. The minimum atomic E-state index is 0.325. The maximum absolute atomic E-state index is 11.8. The van der Waals surface area contributed by atoms with E-state index in [4.69, 9.17) is 0 Å². The average Bonchev–Trinajstić information content (AvgIpc) is 2.19. The Morgan fingerprint density at radius 1 is 1.33 bits per heavy atom. The van der Waals surface area contributed by atoms with Gasteiger partial charge in [-0.05, 0) is 36.8 Å². The van der Waals surface area contributed by atoms with Gasteiger partial charge in [-0.25, -0.2) is 0 Å². The lowest BCUT2D eigenvalue weighted by Gasteiger charge is -2.27. The van der Waals surface area contributed by atoms with Crippen LogP contribution in [-0.4, -0.2) is 5.78 Å². The van der Waals surface area contributed by atoms with Gasteiger partial charge in [-0.2, -0.15) is 0 Å². The SMILES string of the molecule is Cc1ccc2c(c1)C(=O)CC[C@@H]2C(C)C. The molecule has 0 aromatic heterocycles. The molecule has 0 unspecified atom stereocenters. The van der Waals surface area contributed by atoms with Crippen molar-refractivity contribution in [3.8, 4) is 0 Å². The van der Waals surface area contributed by atoms with Crippen molar-refractivity contribution in [1.29, 1.82) is 0 Å². The Labute approximate surface area is 91.5 Å². The Kier molecular flexibility index (Phi) is 2.64. The van der Waals surface area contributed by atoms with Gasteiger partial charge in [-0.3, -0.25) is 4.79 Å². The molecular weight excluding hydrogens is 184 g/mol. The largest absolute Gasteiger partial charge is 0.294 e. The van der Waals surface area contributed by atoms with Crippen molar-refractivity contribution in [3.05, 3.63) is 34.9 Å². The number of carbonyl (C=O) groups is 1. The molecular formula is C14H18O. The number of hydrogen-bond acceptors (Lipinski definition) is 1. The van der Waals surface area contributed by atoms with Crippen LogP contribution in [0.2, 0.25) is 0 Å². The van der Waals surface area contributed by atoms with E-state index < -0.39 is 0 Å². The second kappa shape index (κ2) is 3.80. The van der Waals surface area contributed by atoms with Crippen molar-refractivity contribution in [1.82, 2.24) is 0 Å². The smallest absolute Gasteiger partial charge is 0.163 e. The van der Waals surface area contributed by atoms with Crippen LogP contribution < -0.4 is 0 Å². The monoisotopic (exact) mass is 202 g/mol. The van der Waals surface area contributed by atoms with Gasteiger partial charge in [-0.15, -0.1) is 0 Å². The molecule has 0 radical (unpaired) electrons. The van der Waals surface area contributed by atoms with Gasteiger partial charge < -0.3 is 0 Å². The minimum Gasteiger partial charge on any atom is -0.294 e. The molecule has 0 saturated carbocycles. The second-order valence-corrected chi connectivity index (χ2v) is 4.90. The van der Waals surface area contributed by atoms with E-state index in [0.29, 0.717) is 17.6 Å². The van der Waals surface area contributed by atoms with Gasteiger partial charge in [0, 0.05) is 12.0 Å². The number of benzene rings is 1. The van der Waals surface area contributed by atoms with Crippen LogP contribution in [0.25, 0.3) is 0 Å². The molecule has 0 spiro atoms. The molecule has 1 aliphatic rings.